The molecule has 10 heteroatoms. The van der Waals surface area contributed by atoms with Crippen LogP contribution >= 0.6 is 35.0 Å². The number of anilines is 1. The molecule has 0 atom stereocenters. The minimum atomic E-state index is -4.41. The van der Waals surface area contributed by atoms with E-state index in [0.29, 0.717) is 10.0 Å². The SMILES string of the molecule is CN1/C(=C/c2ccc3cc(Cl)c(Cl)cc3[n+]2C)Sc2ccccc21.COS(=O)(=O)[O-]. The van der Waals surface area contributed by atoms with E-state index >= 15 is 0 Å². The maximum atomic E-state index is 9.22. The molecule has 2 aromatic carbocycles. The molecule has 0 aliphatic carbocycles. The minimum Gasteiger partial charge on any atom is -0.726 e. The van der Waals surface area contributed by atoms with Gasteiger partial charge in [-0.25, -0.2) is 8.42 Å². The largest absolute Gasteiger partial charge is 0.726 e. The third-order valence-corrected chi connectivity index (χ3v) is 6.80. The first-order valence-electron chi connectivity index (χ1n) is 8.62. The zero-order valence-corrected chi connectivity index (χ0v) is 19.4. The van der Waals surface area contributed by atoms with Crippen molar-refractivity contribution in [2.45, 2.75) is 4.90 Å². The maximum absolute atomic E-state index is 9.22. The lowest BCUT2D eigenvalue weighted by Gasteiger charge is -2.12. The van der Waals surface area contributed by atoms with Crippen molar-refractivity contribution in [3.05, 3.63) is 69.3 Å². The van der Waals surface area contributed by atoms with E-state index in [2.05, 4.69) is 63.2 Å². The van der Waals surface area contributed by atoms with Crippen LogP contribution in [0.25, 0.3) is 17.0 Å². The Bertz CT molecular complexity index is 1250. The number of halogens is 2. The van der Waals surface area contributed by atoms with Crippen molar-refractivity contribution in [2.24, 2.45) is 7.05 Å². The van der Waals surface area contributed by atoms with E-state index in [4.69, 9.17) is 23.2 Å². The van der Waals surface area contributed by atoms with Crippen molar-refractivity contribution in [1.82, 2.24) is 0 Å². The third-order valence-electron chi connectivity index (χ3n) is 4.50. The van der Waals surface area contributed by atoms with Gasteiger partial charge in [0.1, 0.15) is 7.05 Å². The molecule has 0 saturated heterocycles. The van der Waals surface area contributed by atoms with Gasteiger partial charge in [-0.1, -0.05) is 47.1 Å². The summed E-state index contributed by atoms with van der Waals surface area (Å²) in [6, 6.07) is 16.5. The van der Waals surface area contributed by atoms with Gasteiger partial charge >= 0.3 is 0 Å². The number of para-hydroxylation sites is 1. The predicted molar refractivity (Wildman–Crippen MR) is 121 cm³/mol. The molecule has 4 rings (SSSR count). The zero-order valence-electron chi connectivity index (χ0n) is 16.3. The molecule has 2 heterocycles. The van der Waals surface area contributed by atoms with E-state index in [1.807, 2.05) is 19.2 Å². The molecule has 158 valence electrons. The molecule has 1 aliphatic heterocycles. The van der Waals surface area contributed by atoms with E-state index in [0.717, 1.165) is 23.7 Å². The van der Waals surface area contributed by atoms with Crippen LogP contribution in [-0.2, 0) is 21.6 Å². The quantitative estimate of drug-likeness (QED) is 0.300. The molecule has 0 spiro atoms. The Morgan fingerprint density at radius 3 is 2.40 bits per heavy atom. The van der Waals surface area contributed by atoms with Crippen molar-refractivity contribution in [3.63, 3.8) is 0 Å². The molecule has 0 bridgehead atoms. The van der Waals surface area contributed by atoms with Crippen molar-refractivity contribution >= 4 is 68.0 Å². The van der Waals surface area contributed by atoms with Gasteiger partial charge in [0.05, 0.1) is 27.9 Å². The van der Waals surface area contributed by atoms with Crippen LogP contribution in [0.5, 0.6) is 0 Å². The average Bonchev–Trinajstić information content (AvgIpc) is 3.01. The molecule has 0 fully saturated rings. The van der Waals surface area contributed by atoms with Crippen molar-refractivity contribution in [3.8, 4) is 0 Å². The summed E-state index contributed by atoms with van der Waals surface area (Å²) in [6.07, 6.45) is 2.20. The Balaban J connectivity index is 0.000000377. The minimum absolute atomic E-state index is 0.573. The lowest BCUT2D eigenvalue weighted by atomic mass is 10.2. The lowest BCUT2D eigenvalue weighted by molar-refractivity contribution is -0.646. The summed E-state index contributed by atoms with van der Waals surface area (Å²) in [5.74, 6) is 0. The fraction of sp³-hybridized carbons (Fsp3) is 0.150. The zero-order chi connectivity index (χ0) is 22.1. The summed E-state index contributed by atoms with van der Waals surface area (Å²) in [5, 5.41) is 3.43. The second-order valence-electron chi connectivity index (χ2n) is 6.33. The van der Waals surface area contributed by atoms with Crippen LogP contribution in [0.4, 0.5) is 5.69 Å². The Hall–Kier alpha value is -1.81. The van der Waals surface area contributed by atoms with Gasteiger partial charge in [0, 0.05) is 35.5 Å². The molecule has 0 unspecified atom stereocenters. The summed E-state index contributed by atoms with van der Waals surface area (Å²) in [6.45, 7) is 0. The number of benzene rings is 2. The molecular formula is C20H18Cl2N2O4S2. The normalized spacial score (nSPS) is 14.6. The second-order valence-corrected chi connectivity index (χ2v) is 9.36. The highest BCUT2D eigenvalue weighted by atomic mass is 35.5. The van der Waals surface area contributed by atoms with E-state index in [1.54, 1.807) is 11.8 Å². The summed E-state index contributed by atoms with van der Waals surface area (Å²) < 4.78 is 33.2. The molecule has 0 amide bonds. The number of hydrogen-bond donors (Lipinski definition) is 0. The monoisotopic (exact) mass is 484 g/mol. The number of aryl methyl sites for hydroxylation is 1. The first-order chi connectivity index (χ1) is 14.1. The summed E-state index contributed by atoms with van der Waals surface area (Å²) in [5.41, 5.74) is 3.41. The number of hydrogen-bond acceptors (Lipinski definition) is 6. The second kappa shape index (κ2) is 9.13. The van der Waals surface area contributed by atoms with Crippen LogP contribution in [-0.4, -0.2) is 27.1 Å². The highest BCUT2D eigenvalue weighted by molar-refractivity contribution is 8.03. The van der Waals surface area contributed by atoms with Crippen molar-refractivity contribution in [1.29, 1.82) is 0 Å². The highest BCUT2D eigenvalue weighted by Crippen LogP contribution is 2.45. The Labute approximate surface area is 189 Å². The van der Waals surface area contributed by atoms with E-state index in [9.17, 15) is 13.0 Å². The van der Waals surface area contributed by atoms with Crippen LogP contribution in [0.1, 0.15) is 5.69 Å². The molecule has 0 radical (unpaired) electrons. The number of fused-ring (bicyclic) bond motifs is 2. The van der Waals surface area contributed by atoms with Gasteiger partial charge in [0.2, 0.25) is 21.6 Å². The number of nitrogens with zero attached hydrogens (tertiary/aromatic N) is 2. The van der Waals surface area contributed by atoms with Crippen LogP contribution in [0, 0.1) is 0 Å². The number of thioether (sulfide) groups is 1. The molecule has 1 aromatic heterocycles. The Morgan fingerprint density at radius 2 is 1.77 bits per heavy atom. The standard InChI is InChI=1S/C19H15Cl2N2S.CH4O4S/c1-22-13(8-7-12-9-14(20)15(21)11-17(12)22)10-19-23(2)16-5-3-4-6-18(16)24-19;1-5-6(2,3)4/h3-11H,1-2H3;1H3,(H,2,3,4)/q+1;/p-1. The van der Waals surface area contributed by atoms with Crippen molar-refractivity contribution < 1.29 is 21.7 Å². The van der Waals surface area contributed by atoms with Crippen molar-refractivity contribution in [2.75, 3.05) is 19.1 Å². The van der Waals surface area contributed by atoms with Gasteiger partial charge in [0.25, 0.3) is 0 Å². The molecule has 0 N–H and O–H groups in total. The summed E-state index contributed by atoms with van der Waals surface area (Å²) in [4.78, 5) is 3.50. The lowest BCUT2D eigenvalue weighted by Crippen LogP contribution is -2.33. The molecule has 1 aliphatic rings. The van der Waals surface area contributed by atoms with Gasteiger partial charge < -0.3 is 9.45 Å². The molecule has 6 nitrogen and oxygen atoms in total. The highest BCUT2D eigenvalue weighted by Gasteiger charge is 2.23. The Morgan fingerprint density at radius 1 is 1.13 bits per heavy atom. The van der Waals surface area contributed by atoms with Crippen LogP contribution in [0.3, 0.4) is 0 Å². The van der Waals surface area contributed by atoms with E-state index in [1.165, 1.54) is 15.6 Å². The van der Waals surface area contributed by atoms with E-state index in [-0.39, 0.29) is 0 Å². The van der Waals surface area contributed by atoms with Gasteiger partial charge in [-0.15, -0.1) is 0 Å². The van der Waals surface area contributed by atoms with Gasteiger partial charge in [-0.3, -0.25) is 4.18 Å². The number of aromatic nitrogens is 1. The third kappa shape index (κ3) is 5.08. The average molecular weight is 485 g/mol. The van der Waals surface area contributed by atoms with Crippen LogP contribution in [0.15, 0.2) is 58.5 Å². The van der Waals surface area contributed by atoms with Gasteiger partial charge in [-0.2, -0.15) is 4.57 Å². The molecular weight excluding hydrogens is 467 g/mol. The topological polar surface area (TPSA) is 73.5 Å². The molecule has 3 aromatic rings. The fourth-order valence-corrected chi connectivity index (χ4v) is 4.35. The summed E-state index contributed by atoms with van der Waals surface area (Å²) >= 11 is 14.1. The van der Waals surface area contributed by atoms with Gasteiger partial charge in [-0.05, 0) is 24.3 Å². The molecule has 0 saturated carbocycles. The number of rotatable bonds is 2. The smallest absolute Gasteiger partial charge is 0.217 e. The van der Waals surface area contributed by atoms with Crippen LogP contribution in [0.2, 0.25) is 10.0 Å². The summed E-state index contributed by atoms with van der Waals surface area (Å²) in [7, 11) is 0.543. The first kappa shape index (κ1) is 22.9. The maximum Gasteiger partial charge on any atom is 0.217 e. The van der Waals surface area contributed by atoms with Crippen LogP contribution < -0.4 is 9.47 Å². The molecule has 30 heavy (non-hydrogen) atoms. The predicted octanol–water partition coefficient (Wildman–Crippen LogP) is 4.60. The first-order valence-corrected chi connectivity index (χ1v) is 11.5. The fourth-order valence-electron chi connectivity index (χ4n) is 2.92. The van der Waals surface area contributed by atoms with Gasteiger partial charge in [0.15, 0.2) is 0 Å². The van der Waals surface area contributed by atoms with E-state index < -0.39 is 10.4 Å². The Kier molecular flexibility index (Phi) is 6.96. The number of pyridine rings is 1.